The molecule has 0 aliphatic carbocycles. The van der Waals surface area contributed by atoms with Gasteiger partial charge in [-0.15, -0.1) is 0 Å². The van der Waals surface area contributed by atoms with Gasteiger partial charge in [-0.3, -0.25) is 4.79 Å². The minimum Gasteiger partial charge on any atom is -0.363 e. The molecule has 3 rings (SSSR count). The summed E-state index contributed by atoms with van der Waals surface area (Å²) in [5.41, 5.74) is 3.05. The van der Waals surface area contributed by atoms with Gasteiger partial charge in [0.25, 0.3) is 0 Å². The molecular weight excluding hydrogens is 322 g/mol. The van der Waals surface area contributed by atoms with Crippen molar-refractivity contribution in [3.63, 3.8) is 0 Å². The predicted molar refractivity (Wildman–Crippen MR) is 106 cm³/mol. The van der Waals surface area contributed by atoms with Crippen LogP contribution in [0, 0.1) is 5.92 Å². The number of hydrogen-bond donors (Lipinski definition) is 0. The van der Waals surface area contributed by atoms with Crippen LogP contribution in [-0.2, 0) is 4.74 Å². The van der Waals surface area contributed by atoms with Crippen LogP contribution in [0.15, 0.2) is 59.6 Å². The Morgan fingerprint density at radius 3 is 2.50 bits per heavy atom. The number of carbonyl (C=O) groups excluding carboxylic acids is 1. The van der Waals surface area contributed by atoms with Gasteiger partial charge < -0.3 is 4.74 Å². The summed E-state index contributed by atoms with van der Waals surface area (Å²) in [6.07, 6.45) is 3.96. The minimum absolute atomic E-state index is 0.0137. The fraction of sp³-hybridized carbons (Fsp3) is 0.391. The normalized spacial score (nSPS) is 17.5. The summed E-state index contributed by atoms with van der Waals surface area (Å²) in [7, 11) is 0. The van der Waals surface area contributed by atoms with E-state index < -0.39 is 6.10 Å². The van der Waals surface area contributed by atoms with Gasteiger partial charge in [0.2, 0.25) is 0 Å². The first kappa shape index (κ1) is 18.5. The van der Waals surface area contributed by atoms with Crippen molar-refractivity contribution in [3.8, 4) is 0 Å². The van der Waals surface area contributed by atoms with Gasteiger partial charge in [0.1, 0.15) is 0 Å². The lowest BCUT2D eigenvalue weighted by Gasteiger charge is -2.26. The number of nitrogens with zero attached hydrogens (tertiary/aromatic N) is 1. The molecule has 0 radical (unpaired) electrons. The van der Waals surface area contributed by atoms with Crippen LogP contribution >= 0.6 is 0 Å². The number of benzene rings is 2. The lowest BCUT2D eigenvalue weighted by molar-refractivity contribution is 0.0483. The van der Waals surface area contributed by atoms with Gasteiger partial charge in [0.05, 0.1) is 18.0 Å². The molecule has 1 aliphatic rings. The Labute approximate surface area is 156 Å². The van der Waals surface area contributed by atoms with Crippen LogP contribution in [-0.4, -0.2) is 24.2 Å². The van der Waals surface area contributed by atoms with Crippen LogP contribution in [0.1, 0.15) is 55.5 Å². The van der Waals surface area contributed by atoms with Gasteiger partial charge in [0, 0.05) is 5.56 Å². The number of ether oxygens (including phenoxy) is 1. The topological polar surface area (TPSA) is 38.7 Å². The van der Waals surface area contributed by atoms with Gasteiger partial charge >= 0.3 is 0 Å². The zero-order valence-electron chi connectivity index (χ0n) is 15.7. The Balaban J connectivity index is 1.88. The minimum atomic E-state index is -0.622. The lowest BCUT2D eigenvalue weighted by atomic mass is 9.93. The number of fused-ring (bicyclic) bond motifs is 1. The summed E-state index contributed by atoms with van der Waals surface area (Å²) in [5, 5.41) is 0. The largest absolute Gasteiger partial charge is 0.363 e. The van der Waals surface area contributed by atoms with E-state index in [-0.39, 0.29) is 5.78 Å². The molecular formula is C23H27NO2. The van der Waals surface area contributed by atoms with Gasteiger partial charge in [-0.2, -0.15) is 0 Å². The molecule has 0 bridgehead atoms. The summed E-state index contributed by atoms with van der Waals surface area (Å²) >= 11 is 0. The van der Waals surface area contributed by atoms with Gasteiger partial charge in [0.15, 0.2) is 11.9 Å². The van der Waals surface area contributed by atoms with Crippen LogP contribution in [0.25, 0.3) is 0 Å². The molecule has 26 heavy (non-hydrogen) atoms. The first-order valence-electron chi connectivity index (χ1n) is 9.63. The molecule has 3 nitrogen and oxygen atoms in total. The standard InChI is InChI=1S/C23H27NO2/c1-3-5-11-17(4-2)16-26-23-21(18-12-7-6-8-13-18)24-20-15-10-9-14-19(20)22(23)25/h6-10,12-15,17,23H,3-5,11,16H2,1-2H3. The molecule has 2 aromatic carbocycles. The van der Waals surface area contributed by atoms with Crippen molar-refractivity contribution in [3.05, 3.63) is 65.7 Å². The van der Waals surface area contributed by atoms with E-state index >= 15 is 0 Å². The van der Waals surface area contributed by atoms with Crippen LogP contribution < -0.4 is 0 Å². The highest BCUT2D eigenvalue weighted by Crippen LogP contribution is 2.29. The molecule has 2 atom stereocenters. The van der Waals surface area contributed by atoms with Crippen LogP contribution in [0.4, 0.5) is 5.69 Å². The van der Waals surface area contributed by atoms with Crippen molar-refractivity contribution in [2.45, 2.75) is 45.6 Å². The van der Waals surface area contributed by atoms with E-state index in [1.54, 1.807) is 0 Å². The zero-order chi connectivity index (χ0) is 18.4. The summed E-state index contributed by atoms with van der Waals surface area (Å²) in [6.45, 7) is 4.99. The molecule has 1 heterocycles. The van der Waals surface area contributed by atoms with E-state index in [1.165, 1.54) is 12.8 Å². The average Bonchev–Trinajstić information content (AvgIpc) is 2.70. The third kappa shape index (κ3) is 4.10. The number of ketones is 1. The molecule has 2 unspecified atom stereocenters. The molecule has 0 saturated carbocycles. The molecule has 1 aliphatic heterocycles. The molecule has 0 spiro atoms. The van der Waals surface area contributed by atoms with Gasteiger partial charge in [-0.1, -0.05) is 75.6 Å². The number of rotatable bonds is 8. The zero-order valence-corrected chi connectivity index (χ0v) is 15.7. The van der Waals surface area contributed by atoms with E-state index in [0.29, 0.717) is 18.1 Å². The number of Topliss-reactive ketones (excluding diaryl/α,β-unsaturated/α-hetero) is 1. The van der Waals surface area contributed by atoms with Gasteiger partial charge in [-0.05, 0) is 30.0 Å². The monoisotopic (exact) mass is 349 g/mol. The van der Waals surface area contributed by atoms with Crippen molar-refractivity contribution < 1.29 is 9.53 Å². The van der Waals surface area contributed by atoms with Crippen molar-refractivity contribution in [2.75, 3.05) is 6.61 Å². The molecule has 0 aromatic heterocycles. The summed E-state index contributed by atoms with van der Waals surface area (Å²) in [5.74, 6) is 0.497. The first-order chi connectivity index (χ1) is 12.7. The second-order valence-electron chi connectivity index (χ2n) is 6.87. The Hall–Kier alpha value is -2.26. The van der Waals surface area contributed by atoms with Crippen LogP contribution in [0.3, 0.4) is 0 Å². The first-order valence-corrected chi connectivity index (χ1v) is 9.63. The number of carbonyl (C=O) groups is 1. The third-order valence-corrected chi connectivity index (χ3v) is 5.01. The highest BCUT2D eigenvalue weighted by molar-refractivity contribution is 6.25. The van der Waals surface area contributed by atoms with E-state index in [4.69, 9.17) is 9.73 Å². The average molecular weight is 349 g/mol. The van der Waals surface area contributed by atoms with E-state index in [0.717, 1.165) is 29.8 Å². The molecule has 0 N–H and O–H groups in total. The van der Waals surface area contributed by atoms with E-state index in [9.17, 15) is 4.79 Å². The summed E-state index contributed by atoms with van der Waals surface area (Å²) < 4.78 is 6.19. The van der Waals surface area contributed by atoms with Crippen molar-refractivity contribution in [1.29, 1.82) is 0 Å². The summed E-state index contributed by atoms with van der Waals surface area (Å²) in [4.78, 5) is 17.9. The lowest BCUT2D eigenvalue weighted by Crippen LogP contribution is -2.37. The highest BCUT2D eigenvalue weighted by atomic mass is 16.5. The van der Waals surface area contributed by atoms with Crippen molar-refractivity contribution in [2.24, 2.45) is 10.9 Å². The smallest absolute Gasteiger partial charge is 0.199 e. The number of aliphatic imine (C=N–C) groups is 1. The van der Waals surface area contributed by atoms with Crippen LogP contribution in [0.5, 0.6) is 0 Å². The van der Waals surface area contributed by atoms with E-state index in [2.05, 4.69) is 13.8 Å². The second kappa shape index (κ2) is 8.91. The Kier molecular flexibility index (Phi) is 6.35. The van der Waals surface area contributed by atoms with Crippen molar-refractivity contribution in [1.82, 2.24) is 0 Å². The van der Waals surface area contributed by atoms with E-state index in [1.807, 2.05) is 54.6 Å². The molecule has 0 fully saturated rings. The maximum atomic E-state index is 13.1. The molecule has 0 saturated heterocycles. The maximum absolute atomic E-state index is 13.1. The maximum Gasteiger partial charge on any atom is 0.199 e. The van der Waals surface area contributed by atoms with Gasteiger partial charge in [-0.25, -0.2) is 4.99 Å². The predicted octanol–water partition coefficient (Wildman–Crippen LogP) is 5.61. The molecule has 0 amide bonds. The number of para-hydroxylation sites is 1. The van der Waals surface area contributed by atoms with Crippen LogP contribution in [0.2, 0.25) is 0 Å². The van der Waals surface area contributed by atoms with Crippen molar-refractivity contribution >= 4 is 17.2 Å². The number of unbranched alkanes of at least 4 members (excludes halogenated alkanes) is 1. The quantitative estimate of drug-likeness (QED) is 0.622. The summed E-state index contributed by atoms with van der Waals surface area (Å²) in [6, 6.07) is 17.4. The Morgan fingerprint density at radius 1 is 1.04 bits per heavy atom. The molecule has 3 heteroatoms. The Morgan fingerprint density at radius 2 is 1.77 bits per heavy atom. The molecule has 136 valence electrons. The number of hydrogen-bond acceptors (Lipinski definition) is 3. The second-order valence-corrected chi connectivity index (χ2v) is 6.87. The third-order valence-electron chi connectivity index (χ3n) is 5.01. The fourth-order valence-electron chi connectivity index (χ4n) is 3.34. The SMILES string of the molecule is CCCCC(CC)COC1C(=O)c2ccccc2N=C1c1ccccc1. The Bertz CT molecular complexity index is 767. The molecule has 2 aromatic rings. The highest BCUT2D eigenvalue weighted by Gasteiger charge is 2.33. The fourth-order valence-corrected chi connectivity index (χ4v) is 3.34.